The predicted molar refractivity (Wildman–Crippen MR) is 153 cm³/mol. The molecule has 0 spiro atoms. The normalized spacial score (nSPS) is 21.4. The van der Waals surface area contributed by atoms with Gasteiger partial charge in [0.05, 0.1) is 34.3 Å². The Hall–Kier alpha value is -5.25. The number of nitrogens with one attached hydrogen (secondary N) is 1. The second kappa shape index (κ2) is 10.2. The summed E-state index contributed by atoms with van der Waals surface area (Å²) in [5.41, 5.74) is 2.81. The van der Waals surface area contributed by atoms with E-state index in [0.29, 0.717) is 0 Å². The largest absolute Gasteiger partial charge is 0.452 e. The van der Waals surface area contributed by atoms with E-state index in [9.17, 15) is 32.3 Å². The molecule has 4 aliphatic rings. The van der Waals surface area contributed by atoms with E-state index < -0.39 is 47.7 Å². The van der Waals surface area contributed by atoms with E-state index in [-0.39, 0.29) is 34.9 Å². The van der Waals surface area contributed by atoms with Gasteiger partial charge in [-0.3, -0.25) is 14.4 Å². The topological polar surface area (TPSA) is 92.8 Å². The number of esters is 1. The number of anilines is 2. The average molecular weight is 597 g/mol. The standard InChI is InChI=1S/C34H23F3N2O5/c35-34(36,37)24-14-5-6-15-25(24)38-26(40)17-44-33(43)18-8-7-9-19(16-18)39-31(41)29-27-20-10-1-2-11-21(20)28(30(29)32(39)42)23-13-4-3-12-22(23)27/h1-16,27-30H,17H2,(H,38,40)/t27?,28?,29-,30-/m0/s1. The number of hydrogen-bond donors (Lipinski definition) is 1. The van der Waals surface area contributed by atoms with Crippen LogP contribution in [-0.4, -0.2) is 30.3 Å². The molecule has 4 aromatic carbocycles. The molecular formula is C34H23F3N2O5. The third-order valence-corrected chi connectivity index (χ3v) is 8.63. The minimum Gasteiger partial charge on any atom is -0.452 e. The van der Waals surface area contributed by atoms with Crippen LogP contribution in [-0.2, 0) is 25.3 Å². The zero-order valence-corrected chi connectivity index (χ0v) is 22.9. The van der Waals surface area contributed by atoms with Crippen molar-refractivity contribution in [3.8, 4) is 0 Å². The molecule has 1 fully saturated rings. The minimum absolute atomic E-state index is 0.0315. The number of nitrogens with zero attached hydrogens (tertiary/aromatic N) is 1. The number of carbonyl (C=O) groups excluding carboxylic acids is 4. The second-order valence-corrected chi connectivity index (χ2v) is 11.0. The number of alkyl halides is 3. The molecule has 7 nitrogen and oxygen atoms in total. The Bertz CT molecular complexity index is 1750. The average Bonchev–Trinajstić information content (AvgIpc) is 3.29. The van der Waals surface area contributed by atoms with Crippen molar-refractivity contribution in [3.05, 3.63) is 130 Å². The first kappa shape index (κ1) is 27.6. The van der Waals surface area contributed by atoms with Gasteiger partial charge in [0, 0.05) is 11.8 Å². The summed E-state index contributed by atoms with van der Waals surface area (Å²) in [7, 11) is 0. The molecule has 8 rings (SSSR count). The highest BCUT2D eigenvalue weighted by Gasteiger charge is 2.61. The van der Waals surface area contributed by atoms with Crippen LogP contribution in [0.1, 0.15) is 50.0 Å². The molecule has 2 bridgehead atoms. The zero-order valence-electron chi connectivity index (χ0n) is 22.9. The van der Waals surface area contributed by atoms with E-state index in [1.807, 2.05) is 48.5 Å². The lowest BCUT2D eigenvalue weighted by Crippen LogP contribution is -2.41. The zero-order chi connectivity index (χ0) is 30.7. The molecule has 0 saturated carbocycles. The molecule has 1 aliphatic heterocycles. The smallest absolute Gasteiger partial charge is 0.418 e. The number of hydrogen-bond acceptors (Lipinski definition) is 5. The van der Waals surface area contributed by atoms with Crippen LogP contribution in [0, 0.1) is 11.8 Å². The summed E-state index contributed by atoms with van der Waals surface area (Å²) in [4.78, 5) is 54.3. The Morgan fingerprint density at radius 1 is 0.727 bits per heavy atom. The first-order chi connectivity index (χ1) is 21.1. The Morgan fingerprint density at radius 3 is 1.80 bits per heavy atom. The van der Waals surface area contributed by atoms with Crippen molar-refractivity contribution in [2.45, 2.75) is 18.0 Å². The first-order valence-corrected chi connectivity index (χ1v) is 13.9. The molecular weight excluding hydrogens is 573 g/mol. The van der Waals surface area contributed by atoms with Crippen molar-refractivity contribution >= 4 is 35.1 Å². The SMILES string of the molecule is O=C(COC(=O)c1cccc(N2C(=O)[C@H]3C4c5ccccc5C(c5ccccc54)[C@@H]3C2=O)c1)Nc1ccccc1C(F)(F)F. The van der Waals surface area contributed by atoms with Gasteiger partial charge in [0.2, 0.25) is 11.8 Å². The number of halogens is 3. The van der Waals surface area contributed by atoms with Crippen LogP contribution < -0.4 is 10.2 Å². The maximum atomic E-state index is 14.0. The molecule has 4 aromatic rings. The van der Waals surface area contributed by atoms with E-state index in [2.05, 4.69) is 5.32 Å². The van der Waals surface area contributed by atoms with Gasteiger partial charge < -0.3 is 10.1 Å². The summed E-state index contributed by atoms with van der Waals surface area (Å²) >= 11 is 0. The highest BCUT2D eigenvalue weighted by atomic mass is 19.4. The Balaban J connectivity index is 1.11. The maximum Gasteiger partial charge on any atom is 0.418 e. The number of para-hydroxylation sites is 1. The van der Waals surface area contributed by atoms with Crippen LogP contribution in [0.2, 0.25) is 0 Å². The van der Waals surface area contributed by atoms with Crippen LogP contribution in [0.5, 0.6) is 0 Å². The first-order valence-electron chi connectivity index (χ1n) is 13.9. The van der Waals surface area contributed by atoms with Gasteiger partial charge in [-0.25, -0.2) is 9.69 Å². The molecule has 1 saturated heterocycles. The van der Waals surface area contributed by atoms with Crippen molar-refractivity contribution < 1.29 is 37.1 Å². The van der Waals surface area contributed by atoms with Crippen LogP contribution in [0.3, 0.4) is 0 Å². The van der Waals surface area contributed by atoms with E-state index in [0.717, 1.165) is 39.3 Å². The van der Waals surface area contributed by atoms with E-state index >= 15 is 0 Å². The molecule has 1 N–H and O–H groups in total. The van der Waals surface area contributed by atoms with Crippen LogP contribution in [0.25, 0.3) is 0 Å². The second-order valence-electron chi connectivity index (χ2n) is 11.0. The van der Waals surface area contributed by atoms with Gasteiger partial charge in [0.1, 0.15) is 0 Å². The molecule has 220 valence electrons. The lowest BCUT2D eigenvalue weighted by atomic mass is 9.55. The van der Waals surface area contributed by atoms with Crippen molar-refractivity contribution in [2.75, 3.05) is 16.8 Å². The minimum atomic E-state index is -4.69. The van der Waals surface area contributed by atoms with E-state index in [1.165, 1.54) is 30.3 Å². The molecule has 3 amide bonds. The molecule has 44 heavy (non-hydrogen) atoms. The molecule has 2 atom stereocenters. The molecule has 10 heteroatoms. The quantitative estimate of drug-likeness (QED) is 0.229. The third-order valence-electron chi connectivity index (χ3n) is 8.63. The monoisotopic (exact) mass is 596 g/mol. The number of benzene rings is 4. The van der Waals surface area contributed by atoms with Crippen molar-refractivity contribution in [2.24, 2.45) is 11.8 Å². The summed E-state index contributed by atoms with van der Waals surface area (Å²) in [5.74, 6) is -4.38. The van der Waals surface area contributed by atoms with E-state index in [4.69, 9.17) is 4.74 Å². The lowest BCUT2D eigenvalue weighted by molar-refractivity contribution is -0.137. The van der Waals surface area contributed by atoms with Gasteiger partial charge >= 0.3 is 12.1 Å². The Kier molecular flexibility index (Phi) is 6.38. The Labute approximate surface area is 249 Å². The number of amides is 3. The maximum absolute atomic E-state index is 14.0. The Morgan fingerprint density at radius 2 is 1.25 bits per heavy atom. The van der Waals surface area contributed by atoms with Crippen LogP contribution in [0.15, 0.2) is 97.1 Å². The summed E-state index contributed by atoms with van der Waals surface area (Å²) in [6.07, 6.45) is -4.69. The molecule has 0 aromatic heterocycles. The van der Waals surface area contributed by atoms with Gasteiger partial charge in [-0.1, -0.05) is 66.7 Å². The fraction of sp³-hybridized carbons (Fsp3) is 0.176. The van der Waals surface area contributed by atoms with Crippen LogP contribution in [0.4, 0.5) is 24.5 Å². The summed E-state index contributed by atoms with van der Waals surface area (Å²) in [6, 6.07) is 26.0. The van der Waals surface area contributed by atoms with E-state index in [1.54, 1.807) is 6.07 Å². The number of ether oxygens (including phenoxy) is 1. The number of carbonyl (C=O) groups is 4. The number of rotatable bonds is 5. The van der Waals surface area contributed by atoms with Gasteiger partial charge in [0.15, 0.2) is 6.61 Å². The van der Waals surface area contributed by atoms with Crippen molar-refractivity contribution in [3.63, 3.8) is 0 Å². The fourth-order valence-electron chi connectivity index (χ4n) is 6.94. The molecule has 0 radical (unpaired) electrons. The summed E-state index contributed by atoms with van der Waals surface area (Å²) in [6.45, 7) is -0.846. The van der Waals surface area contributed by atoms with Gasteiger partial charge in [-0.05, 0) is 52.6 Å². The van der Waals surface area contributed by atoms with Gasteiger partial charge in [-0.15, -0.1) is 0 Å². The highest BCUT2D eigenvalue weighted by molar-refractivity contribution is 6.23. The third kappa shape index (κ3) is 4.28. The molecule has 1 heterocycles. The van der Waals surface area contributed by atoms with Crippen molar-refractivity contribution in [1.29, 1.82) is 0 Å². The van der Waals surface area contributed by atoms with Gasteiger partial charge in [0.25, 0.3) is 5.91 Å². The summed E-state index contributed by atoms with van der Waals surface area (Å²) < 4.78 is 44.8. The highest BCUT2D eigenvalue weighted by Crippen LogP contribution is 2.61. The fourth-order valence-corrected chi connectivity index (χ4v) is 6.94. The molecule has 3 aliphatic carbocycles. The molecule has 0 unspecified atom stereocenters. The van der Waals surface area contributed by atoms with Crippen molar-refractivity contribution in [1.82, 2.24) is 0 Å². The van der Waals surface area contributed by atoms with Gasteiger partial charge in [-0.2, -0.15) is 13.2 Å². The number of imide groups is 1. The van der Waals surface area contributed by atoms with Crippen LogP contribution >= 0.6 is 0 Å². The summed E-state index contributed by atoms with van der Waals surface area (Å²) in [5, 5.41) is 2.12. The lowest BCUT2D eigenvalue weighted by Gasteiger charge is -2.45. The predicted octanol–water partition coefficient (Wildman–Crippen LogP) is 5.90.